The van der Waals surface area contributed by atoms with Crippen LogP contribution < -0.4 is 9.80 Å². The first-order valence-electron chi connectivity index (χ1n) is 24.1. The monoisotopic (exact) mass is 988 g/mol. The Kier molecular flexibility index (Phi) is 13.2. The second kappa shape index (κ2) is 19.1. The highest BCUT2D eigenvalue weighted by atomic mass is 19.4. The van der Waals surface area contributed by atoms with E-state index >= 15 is 0 Å². The Labute approximate surface area is 415 Å². The van der Waals surface area contributed by atoms with Gasteiger partial charge in [-0.15, -0.1) is 0 Å². The summed E-state index contributed by atoms with van der Waals surface area (Å²) in [7, 11) is 3.15. The maximum atomic E-state index is 13.1. The van der Waals surface area contributed by atoms with Crippen LogP contribution in [-0.2, 0) is 52.6 Å². The summed E-state index contributed by atoms with van der Waals surface area (Å²) in [4.78, 5) is 31.4. The quantitative estimate of drug-likeness (QED) is 0.139. The number of nitrogens with zero attached hydrogens (tertiary/aromatic N) is 12. The van der Waals surface area contributed by atoms with Crippen LogP contribution in [0.2, 0.25) is 0 Å². The van der Waals surface area contributed by atoms with Gasteiger partial charge >= 0.3 is 12.4 Å². The van der Waals surface area contributed by atoms with Crippen molar-refractivity contribution in [3.05, 3.63) is 143 Å². The highest BCUT2D eigenvalue weighted by molar-refractivity contribution is 5.69. The molecule has 0 N–H and O–H groups in total. The molecular weight excluding hydrogens is 931 g/mol. The van der Waals surface area contributed by atoms with Crippen LogP contribution >= 0.6 is 0 Å². The number of fused-ring (bicyclic) bond motifs is 2. The number of alkyl halides is 6. The summed E-state index contributed by atoms with van der Waals surface area (Å²) in [5.74, 6) is 3.08. The van der Waals surface area contributed by atoms with E-state index in [1.807, 2.05) is 86.9 Å². The van der Waals surface area contributed by atoms with Gasteiger partial charge in [-0.25, -0.2) is 19.9 Å². The third-order valence-electron chi connectivity index (χ3n) is 13.7. The van der Waals surface area contributed by atoms with Crippen LogP contribution in [0.4, 0.5) is 37.7 Å². The van der Waals surface area contributed by atoms with Crippen LogP contribution in [0.15, 0.2) is 97.6 Å². The number of halogens is 6. The number of rotatable bonds is 8. The summed E-state index contributed by atoms with van der Waals surface area (Å²) in [6, 6.07) is 23.7. The topological polar surface area (TPSA) is 104 Å². The molecule has 0 saturated carbocycles. The number of hydrogen-bond donors (Lipinski definition) is 0. The second-order valence-electron chi connectivity index (χ2n) is 19.5. The van der Waals surface area contributed by atoms with E-state index in [2.05, 4.69) is 92.5 Å². The molecule has 72 heavy (non-hydrogen) atoms. The molecule has 8 heterocycles. The lowest BCUT2D eigenvalue weighted by molar-refractivity contribution is -0.141. The molecule has 0 bridgehead atoms. The minimum Gasteiger partial charge on any atom is -0.361 e. The zero-order valence-corrected chi connectivity index (χ0v) is 42.0. The zero-order chi connectivity index (χ0) is 51.6. The lowest BCUT2D eigenvalue weighted by Crippen LogP contribution is -2.41. The van der Waals surface area contributed by atoms with Crippen LogP contribution in [0.25, 0.3) is 45.3 Å². The van der Waals surface area contributed by atoms with Crippen LogP contribution in [0.1, 0.15) is 99.2 Å². The number of aryl methyl sites for hydroxylation is 4. The Bertz CT molecular complexity index is 3010. The Balaban J connectivity index is 0.000000178. The van der Waals surface area contributed by atoms with Crippen molar-refractivity contribution in [1.29, 1.82) is 0 Å². The van der Waals surface area contributed by atoms with E-state index in [0.717, 1.165) is 93.8 Å². The third-order valence-corrected chi connectivity index (χ3v) is 13.7. The molecule has 0 aliphatic carbocycles. The lowest BCUT2D eigenvalue weighted by atomic mass is 9.99. The summed E-state index contributed by atoms with van der Waals surface area (Å²) >= 11 is 0. The summed E-state index contributed by atoms with van der Waals surface area (Å²) in [6.45, 7) is 19.9. The Morgan fingerprint density at radius 3 is 1.21 bits per heavy atom. The van der Waals surface area contributed by atoms with Gasteiger partial charge in [-0.3, -0.25) is 9.97 Å². The Hall–Kier alpha value is -7.24. The highest BCUT2D eigenvalue weighted by Crippen LogP contribution is 2.39. The van der Waals surface area contributed by atoms with Crippen molar-refractivity contribution in [2.24, 2.45) is 14.1 Å². The minimum absolute atomic E-state index is 0.215. The van der Waals surface area contributed by atoms with Gasteiger partial charge in [0.25, 0.3) is 0 Å². The first kappa shape index (κ1) is 49.7. The van der Waals surface area contributed by atoms with Crippen LogP contribution in [0.3, 0.4) is 0 Å². The molecule has 8 aromatic rings. The lowest BCUT2D eigenvalue weighted by Gasteiger charge is -2.37. The number of pyridine rings is 2. The van der Waals surface area contributed by atoms with E-state index in [0.29, 0.717) is 24.2 Å². The van der Waals surface area contributed by atoms with Crippen molar-refractivity contribution in [2.75, 3.05) is 9.80 Å². The average Bonchev–Trinajstić information content (AvgIpc) is 4.11. The molecule has 18 heteroatoms. The zero-order valence-electron chi connectivity index (χ0n) is 42.0. The molecule has 2 aliphatic rings. The molecule has 0 fully saturated rings. The van der Waals surface area contributed by atoms with Gasteiger partial charge in [-0.2, -0.15) is 26.3 Å². The maximum Gasteiger partial charge on any atom is 0.434 e. The van der Waals surface area contributed by atoms with Crippen LogP contribution in [-0.4, -0.2) is 60.3 Å². The summed E-state index contributed by atoms with van der Waals surface area (Å²) in [5.41, 5.74) is 9.90. The molecule has 12 nitrogen and oxygen atoms in total. The van der Waals surface area contributed by atoms with Crippen molar-refractivity contribution in [1.82, 2.24) is 48.2 Å². The largest absolute Gasteiger partial charge is 0.434 e. The first-order chi connectivity index (χ1) is 34.1. The van der Waals surface area contributed by atoms with Crippen molar-refractivity contribution in [3.63, 3.8) is 0 Å². The number of anilines is 2. The standard InChI is InChI=1S/2C27H29F3N6/c2*1-16(2)24-21(7-6-12-31-24)25-22-14-35(17(3)13-36(22)18(4)32-25)20-10-8-19(9-11-20)26-33-23(15-34(26)5)27(28,29)30/h2*6-12,15-17H,13-14H2,1-5H3/t17-;/m0./s1. The van der Waals surface area contributed by atoms with Gasteiger partial charge in [-0.1, -0.05) is 27.7 Å². The van der Waals surface area contributed by atoms with Crippen molar-refractivity contribution < 1.29 is 26.3 Å². The molecule has 376 valence electrons. The van der Waals surface area contributed by atoms with Crippen molar-refractivity contribution >= 4 is 11.4 Å². The fraction of sp³-hybridized carbons (Fsp3) is 0.370. The van der Waals surface area contributed by atoms with Crippen LogP contribution in [0, 0.1) is 13.8 Å². The summed E-state index contributed by atoms with van der Waals surface area (Å²) in [6.07, 6.45) is -3.26. The molecular formula is C54H58F6N12. The SMILES string of the molecule is Cc1nc(-c2cccnc2C(C)C)c2n1CC(C)N(c1ccc(-c3nc(C(F)(F)F)cn3C)cc1)C2.Cc1nc(-c2cccnc2C(C)C)c2n1C[C@H](C)N(c1ccc(-c3nc(C(F)(F)F)cn3C)cc1)C2. The number of imidazole rings is 4. The molecule has 2 aromatic carbocycles. The van der Waals surface area contributed by atoms with Crippen LogP contribution in [0.5, 0.6) is 0 Å². The average molecular weight is 989 g/mol. The van der Waals surface area contributed by atoms with Gasteiger partial charge in [0, 0.05) is 97.7 Å². The van der Waals surface area contributed by atoms with E-state index in [1.54, 1.807) is 14.1 Å². The second-order valence-corrected chi connectivity index (χ2v) is 19.5. The summed E-state index contributed by atoms with van der Waals surface area (Å²) in [5, 5.41) is 0. The van der Waals surface area contributed by atoms with Gasteiger partial charge in [-0.05, 0) is 112 Å². The van der Waals surface area contributed by atoms with E-state index in [1.165, 1.54) is 9.13 Å². The molecule has 0 radical (unpaired) electrons. The van der Waals surface area contributed by atoms with E-state index in [4.69, 9.17) is 9.97 Å². The van der Waals surface area contributed by atoms with E-state index in [9.17, 15) is 26.3 Å². The smallest absolute Gasteiger partial charge is 0.361 e. The molecule has 6 aromatic heterocycles. The van der Waals surface area contributed by atoms with Gasteiger partial charge < -0.3 is 28.1 Å². The molecule has 0 saturated heterocycles. The summed E-state index contributed by atoms with van der Waals surface area (Å²) < 4.78 is 86.0. The van der Waals surface area contributed by atoms with Crippen molar-refractivity contribution in [2.45, 2.75) is 118 Å². The molecule has 0 amide bonds. The fourth-order valence-electron chi connectivity index (χ4n) is 10.0. The Morgan fingerprint density at radius 1 is 0.528 bits per heavy atom. The van der Waals surface area contributed by atoms with Gasteiger partial charge in [0.2, 0.25) is 0 Å². The fourth-order valence-corrected chi connectivity index (χ4v) is 10.0. The predicted molar refractivity (Wildman–Crippen MR) is 267 cm³/mol. The van der Waals surface area contributed by atoms with E-state index < -0.39 is 23.7 Å². The molecule has 2 aliphatic heterocycles. The number of hydrogen-bond acceptors (Lipinski definition) is 8. The molecule has 2 atom stereocenters. The predicted octanol–water partition coefficient (Wildman–Crippen LogP) is 12.4. The normalized spacial score (nSPS) is 16.0. The minimum atomic E-state index is -4.47. The number of benzene rings is 2. The Morgan fingerprint density at radius 2 is 0.889 bits per heavy atom. The van der Waals surface area contributed by atoms with Gasteiger partial charge in [0.1, 0.15) is 23.3 Å². The molecule has 1 unspecified atom stereocenters. The van der Waals surface area contributed by atoms with E-state index in [-0.39, 0.29) is 35.6 Å². The van der Waals surface area contributed by atoms with Gasteiger partial charge in [0.05, 0.1) is 47.3 Å². The maximum absolute atomic E-state index is 13.1. The van der Waals surface area contributed by atoms with Crippen molar-refractivity contribution in [3.8, 4) is 45.3 Å². The highest BCUT2D eigenvalue weighted by Gasteiger charge is 2.36. The third kappa shape index (κ3) is 9.50. The number of aromatic nitrogens is 10. The molecule has 10 rings (SSSR count). The first-order valence-corrected chi connectivity index (χ1v) is 24.1. The molecule has 0 spiro atoms. The van der Waals surface area contributed by atoms with Gasteiger partial charge in [0.15, 0.2) is 11.4 Å².